The molecule has 84 valence electrons. The van der Waals surface area contributed by atoms with E-state index >= 15 is 0 Å². The molecule has 0 bridgehead atoms. The highest BCUT2D eigenvalue weighted by atomic mass is 19.4. The fourth-order valence-corrected chi connectivity index (χ4v) is 1.21. The molecule has 0 saturated carbocycles. The number of benzene rings is 1. The van der Waals surface area contributed by atoms with Crippen molar-refractivity contribution in [3.63, 3.8) is 0 Å². The minimum Gasteiger partial charge on any atom is -0.237 e. The molecule has 1 rings (SSSR count). The van der Waals surface area contributed by atoms with E-state index in [-0.39, 0.29) is 6.42 Å². The standard InChI is InChI=1S/C11H12F4/c1-8-2-4-9(5-3-8)6-7-10(12)11(13,14)15/h2-5,10H,6-7H2,1H3. The van der Waals surface area contributed by atoms with Crippen LogP contribution in [0.15, 0.2) is 24.3 Å². The van der Waals surface area contributed by atoms with E-state index in [1.165, 1.54) is 0 Å². The molecule has 0 fully saturated rings. The van der Waals surface area contributed by atoms with Gasteiger partial charge >= 0.3 is 6.18 Å². The van der Waals surface area contributed by atoms with Gasteiger partial charge in [-0.3, -0.25) is 0 Å². The van der Waals surface area contributed by atoms with Gasteiger partial charge in [0, 0.05) is 0 Å². The fraction of sp³-hybridized carbons (Fsp3) is 0.455. The molecule has 0 saturated heterocycles. The molecule has 1 unspecified atom stereocenters. The van der Waals surface area contributed by atoms with Gasteiger partial charge in [0.15, 0.2) is 6.17 Å². The van der Waals surface area contributed by atoms with Crippen molar-refractivity contribution in [2.45, 2.75) is 32.1 Å². The summed E-state index contributed by atoms with van der Waals surface area (Å²) in [5.41, 5.74) is 1.76. The molecule has 0 nitrogen and oxygen atoms in total. The van der Waals surface area contributed by atoms with Gasteiger partial charge in [0.1, 0.15) is 0 Å². The summed E-state index contributed by atoms with van der Waals surface area (Å²) in [5, 5.41) is 0. The molecular weight excluding hydrogens is 208 g/mol. The second kappa shape index (κ2) is 4.64. The van der Waals surface area contributed by atoms with Crippen molar-refractivity contribution in [3.05, 3.63) is 35.4 Å². The monoisotopic (exact) mass is 220 g/mol. The minimum absolute atomic E-state index is 0.112. The van der Waals surface area contributed by atoms with Gasteiger partial charge in [-0.2, -0.15) is 13.2 Å². The Morgan fingerprint density at radius 1 is 1.13 bits per heavy atom. The third kappa shape index (κ3) is 3.90. The predicted octanol–water partition coefficient (Wildman–Crippen LogP) is 3.83. The second-order valence-corrected chi connectivity index (χ2v) is 3.53. The van der Waals surface area contributed by atoms with Gasteiger partial charge in [-0.15, -0.1) is 0 Å². The van der Waals surface area contributed by atoms with Crippen LogP contribution in [0, 0.1) is 6.92 Å². The highest BCUT2D eigenvalue weighted by Crippen LogP contribution is 2.26. The molecule has 0 radical (unpaired) electrons. The normalized spacial score (nSPS) is 13.9. The van der Waals surface area contributed by atoms with Crippen LogP contribution in [0.25, 0.3) is 0 Å². The van der Waals surface area contributed by atoms with Crippen LogP contribution in [0.5, 0.6) is 0 Å². The van der Waals surface area contributed by atoms with Gasteiger partial charge in [-0.1, -0.05) is 29.8 Å². The Morgan fingerprint density at radius 2 is 1.67 bits per heavy atom. The van der Waals surface area contributed by atoms with Crippen molar-refractivity contribution in [1.82, 2.24) is 0 Å². The van der Waals surface area contributed by atoms with Gasteiger partial charge in [0.25, 0.3) is 0 Å². The maximum absolute atomic E-state index is 12.5. The van der Waals surface area contributed by atoms with Crippen LogP contribution in [-0.4, -0.2) is 12.3 Å². The molecule has 1 atom stereocenters. The summed E-state index contributed by atoms with van der Waals surface area (Å²) >= 11 is 0. The number of rotatable bonds is 3. The molecule has 0 N–H and O–H groups in total. The summed E-state index contributed by atoms with van der Waals surface area (Å²) < 4.78 is 48.1. The average Bonchev–Trinajstić information content (AvgIpc) is 2.15. The van der Waals surface area contributed by atoms with Crippen LogP contribution in [0.3, 0.4) is 0 Å². The summed E-state index contributed by atoms with van der Waals surface area (Å²) in [6, 6.07) is 7.04. The number of alkyl halides is 4. The average molecular weight is 220 g/mol. The number of hydrogen-bond acceptors (Lipinski definition) is 0. The van der Waals surface area contributed by atoms with E-state index in [2.05, 4.69) is 0 Å². The number of aryl methyl sites for hydroxylation is 2. The highest BCUT2D eigenvalue weighted by Gasteiger charge is 2.39. The first-order valence-corrected chi connectivity index (χ1v) is 4.66. The van der Waals surface area contributed by atoms with Crippen molar-refractivity contribution >= 4 is 0 Å². The SMILES string of the molecule is Cc1ccc(CCC(F)C(F)(F)F)cc1. The van der Waals surface area contributed by atoms with E-state index in [1.807, 2.05) is 6.92 Å². The first kappa shape index (κ1) is 12.0. The largest absolute Gasteiger partial charge is 0.419 e. The lowest BCUT2D eigenvalue weighted by atomic mass is 10.1. The van der Waals surface area contributed by atoms with Crippen LogP contribution in [0.4, 0.5) is 17.6 Å². The van der Waals surface area contributed by atoms with Crippen molar-refractivity contribution in [3.8, 4) is 0 Å². The van der Waals surface area contributed by atoms with Crippen LogP contribution in [0.2, 0.25) is 0 Å². The van der Waals surface area contributed by atoms with E-state index in [1.54, 1.807) is 24.3 Å². The second-order valence-electron chi connectivity index (χ2n) is 3.53. The van der Waals surface area contributed by atoms with Gasteiger partial charge in [-0.05, 0) is 25.3 Å². The fourth-order valence-electron chi connectivity index (χ4n) is 1.21. The van der Waals surface area contributed by atoms with Crippen LogP contribution >= 0.6 is 0 Å². The molecule has 1 aromatic carbocycles. The third-order valence-corrected chi connectivity index (χ3v) is 2.16. The zero-order chi connectivity index (χ0) is 11.5. The van der Waals surface area contributed by atoms with E-state index in [9.17, 15) is 17.6 Å². The van der Waals surface area contributed by atoms with E-state index < -0.39 is 18.8 Å². The van der Waals surface area contributed by atoms with Crippen molar-refractivity contribution < 1.29 is 17.6 Å². The Morgan fingerprint density at radius 3 is 2.13 bits per heavy atom. The van der Waals surface area contributed by atoms with Gasteiger partial charge in [0.2, 0.25) is 0 Å². The Labute approximate surface area is 85.9 Å². The molecule has 0 aromatic heterocycles. The highest BCUT2D eigenvalue weighted by molar-refractivity contribution is 5.21. The quantitative estimate of drug-likeness (QED) is 0.679. The molecule has 0 amide bonds. The van der Waals surface area contributed by atoms with E-state index in [0.717, 1.165) is 11.1 Å². The van der Waals surface area contributed by atoms with Crippen molar-refractivity contribution in [1.29, 1.82) is 0 Å². The molecule has 1 aromatic rings. The summed E-state index contributed by atoms with van der Waals surface area (Å²) in [5.74, 6) is 0. The lowest BCUT2D eigenvalue weighted by Crippen LogP contribution is -2.24. The first-order chi connectivity index (χ1) is 6.89. The molecule has 4 heteroatoms. The zero-order valence-electron chi connectivity index (χ0n) is 8.31. The van der Waals surface area contributed by atoms with Gasteiger partial charge in [0.05, 0.1) is 0 Å². The number of hydrogen-bond donors (Lipinski definition) is 0. The molecule has 0 aliphatic carbocycles. The molecular formula is C11H12F4. The Bertz CT molecular complexity index is 299. The maximum atomic E-state index is 12.5. The van der Waals surface area contributed by atoms with Crippen molar-refractivity contribution in [2.24, 2.45) is 0 Å². The summed E-state index contributed by atoms with van der Waals surface area (Å²) in [6.45, 7) is 1.89. The Hall–Kier alpha value is -1.06. The zero-order valence-corrected chi connectivity index (χ0v) is 8.31. The molecule has 0 heterocycles. The predicted molar refractivity (Wildman–Crippen MR) is 50.5 cm³/mol. The topological polar surface area (TPSA) is 0 Å². The van der Waals surface area contributed by atoms with Gasteiger partial charge < -0.3 is 0 Å². The molecule has 0 spiro atoms. The minimum atomic E-state index is -4.73. The molecule has 0 aliphatic rings. The van der Waals surface area contributed by atoms with Crippen LogP contribution < -0.4 is 0 Å². The summed E-state index contributed by atoms with van der Waals surface area (Å²) in [6.07, 6.45) is -7.85. The van der Waals surface area contributed by atoms with E-state index in [4.69, 9.17) is 0 Å². The molecule has 0 aliphatic heterocycles. The van der Waals surface area contributed by atoms with Crippen LogP contribution in [0.1, 0.15) is 17.5 Å². The maximum Gasteiger partial charge on any atom is 0.419 e. The Balaban J connectivity index is 2.47. The summed E-state index contributed by atoms with van der Waals surface area (Å²) in [7, 11) is 0. The lowest BCUT2D eigenvalue weighted by molar-refractivity contribution is -0.181. The third-order valence-electron chi connectivity index (χ3n) is 2.16. The number of halogens is 4. The van der Waals surface area contributed by atoms with Crippen LogP contribution in [-0.2, 0) is 6.42 Å². The molecule has 15 heavy (non-hydrogen) atoms. The van der Waals surface area contributed by atoms with Crippen molar-refractivity contribution in [2.75, 3.05) is 0 Å². The first-order valence-electron chi connectivity index (χ1n) is 4.66. The van der Waals surface area contributed by atoms with Gasteiger partial charge in [-0.25, -0.2) is 4.39 Å². The van der Waals surface area contributed by atoms with E-state index in [0.29, 0.717) is 0 Å². The lowest BCUT2D eigenvalue weighted by Gasteiger charge is -2.11. The summed E-state index contributed by atoms with van der Waals surface area (Å²) in [4.78, 5) is 0. The Kier molecular flexibility index (Phi) is 3.72. The smallest absolute Gasteiger partial charge is 0.237 e.